The molecule has 0 amide bonds. The number of nitrogens with one attached hydrogen (secondary N) is 5. The van der Waals surface area contributed by atoms with Crippen LogP contribution in [0.15, 0.2) is 6.20 Å². The van der Waals surface area contributed by atoms with Crippen molar-refractivity contribution in [1.29, 1.82) is 0 Å². The molecule has 0 spiro atoms. The Bertz CT molecular complexity index is 263. The largest absolute Gasteiger partial charge is 0.282 e. The van der Waals surface area contributed by atoms with E-state index >= 15 is 0 Å². The number of aryl methyl sites for hydroxylation is 1. The molecule has 0 radical (unpaired) electrons. The average Bonchev–Trinajstić information content (AvgIpc) is 2.71. The van der Waals surface area contributed by atoms with Gasteiger partial charge in [-0.1, -0.05) is 5.21 Å². The van der Waals surface area contributed by atoms with Gasteiger partial charge in [0.1, 0.15) is 6.29 Å². The fraction of sp³-hybridized carbons (Fsp3) is 0.600. The highest BCUT2D eigenvalue weighted by Gasteiger charge is 2.11. The van der Waals surface area contributed by atoms with Crippen LogP contribution in [-0.4, -0.2) is 21.3 Å². The lowest BCUT2D eigenvalue weighted by atomic mass is 10.5. The van der Waals surface area contributed by atoms with Gasteiger partial charge in [0.25, 0.3) is 0 Å². The Balaban J connectivity index is 1.78. The van der Waals surface area contributed by atoms with E-state index in [-0.39, 0.29) is 6.29 Å². The fourth-order valence-electron chi connectivity index (χ4n) is 1.04. The zero-order valence-corrected chi connectivity index (χ0v) is 7.20. The van der Waals surface area contributed by atoms with Gasteiger partial charge >= 0.3 is 0 Å². The van der Waals surface area contributed by atoms with Crippen LogP contribution in [0.1, 0.15) is 5.69 Å². The summed E-state index contributed by atoms with van der Waals surface area (Å²) in [7, 11) is 1.84. The molecule has 0 aliphatic carbocycles. The number of hydrogen-bond donors (Lipinski definition) is 5. The van der Waals surface area contributed by atoms with Crippen LogP contribution >= 0.6 is 0 Å². The maximum absolute atomic E-state index is 3.93. The monoisotopic (exact) mass is 184 g/mol. The second-order valence-corrected chi connectivity index (χ2v) is 2.74. The Hall–Kier alpha value is -1.06. The van der Waals surface area contributed by atoms with Gasteiger partial charge in [0.05, 0.1) is 5.69 Å². The zero-order chi connectivity index (χ0) is 9.10. The Kier molecular flexibility index (Phi) is 2.47. The molecule has 2 heterocycles. The summed E-state index contributed by atoms with van der Waals surface area (Å²) in [6.45, 7) is 0.655. The van der Waals surface area contributed by atoms with E-state index < -0.39 is 0 Å². The molecule has 5 N–H and O–H groups in total. The number of aromatic nitrogens is 3. The molecule has 0 unspecified atom stereocenters. The Morgan fingerprint density at radius 2 is 2.31 bits per heavy atom. The smallest absolute Gasteiger partial charge is 0.139 e. The van der Waals surface area contributed by atoms with Gasteiger partial charge < -0.3 is 0 Å². The number of nitrogens with zero attached hydrogens (tertiary/aromatic N) is 3. The third-order valence-corrected chi connectivity index (χ3v) is 1.63. The van der Waals surface area contributed by atoms with Crippen molar-refractivity contribution in [1.82, 2.24) is 42.2 Å². The summed E-state index contributed by atoms with van der Waals surface area (Å²) >= 11 is 0. The first-order valence-electron chi connectivity index (χ1n) is 3.94. The van der Waals surface area contributed by atoms with Crippen LogP contribution in [-0.2, 0) is 13.6 Å². The summed E-state index contributed by atoms with van der Waals surface area (Å²) in [6, 6.07) is 0. The molecule has 1 fully saturated rings. The van der Waals surface area contributed by atoms with Gasteiger partial charge in [0.15, 0.2) is 0 Å². The summed E-state index contributed by atoms with van der Waals surface area (Å²) < 4.78 is 1.67. The van der Waals surface area contributed by atoms with Crippen molar-refractivity contribution in [2.45, 2.75) is 12.8 Å². The van der Waals surface area contributed by atoms with E-state index in [0.717, 1.165) is 5.69 Å². The maximum atomic E-state index is 3.93. The molecule has 72 valence electrons. The van der Waals surface area contributed by atoms with Crippen LogP contribution < -0.4 is 27.2 Å². The molecule has 2 rings (SSSR count). The van der Waals surface area contributed by atoms with Crippen molar-refractivity contribution in [3.8, 4) is 0 Å². The second-order valence-electron chi connectivity index (χ2n) is 2.74. The van der Waals surface area contributed by atoms with Crippen molar-refractivity contribution >= 4 is 0 Å². The molecular weight excluding hydrogens is 172 g/mol. The van der Waals surface area contributed by atoms with E-state index in [4.69, 9.17) is 0 Å². The molecule has 0 saturated carbocycles. The van der Waals surface area contributed by atoms with Crippen molar-refractivity contribution in [2.75, 3.05) is 0 Å². The average molecular weight is 184 g/mol. The van der Waals surface area contributed by atoms with Gasteiger partial charge in [-0.05, 0) is 0 Å². The quantitative estimate of drug-likeness (QED) is 0.349. The molecule has 0 atom stereocenters. The molecule has 1 aromatic heterocycles. The molecule has 1 saturated heterocycles. The lowest BCUT2D eigenvalue weighted by Crippen LogP contribution is -2.46. The fourth-order valence-corrected chi connectivity index (χ4v) is 1.04. The van der Waals surface area contributed by atoms with E-state index in [2.05, 4.69) is 37.6 Å². The molecule has 8 nitrogen and oxygen atoms in total. The predicted molar refractivity (Wildman–Crippen MR) is 44.2 cm³/mol. The first-order chi connectivity index (χ1) is 6.34. The normalized spacial score (nSPS) is 18.2. The topological polar surface area (TPSA) is 90.9 Å². The first kappa shape index (κ1) is 8.53. The molecule has 1 aliphatic heterocycles. The maximum Gasteiger partial charge on any atom is 0.139 e. The van der Waals surface area contributed by atoms with Gasteiger partial charge in [-0.15, -0.1) is 5.10 Å². The summed E-state index contributed by atoms with van der Waals surface area (Å²) in [5.41, 5.74) is 12.1. The molecule has 13 heavy (non-hydrogen) atoms. The van der Waals surface area contributed by atoms with Gasteiger partial charge in [-0.3, -0.25) is 10.00 Å². The highest BCUT2D eigenvalue weighted by atomic mass is 15.8. The van der Waals surface area contributed by atoms with E-state index in [1.165, 1.54) is 0 Å². The van der Waals surface area contributed by atoms with E-state index in [0.29, 0.717) is 6.54 Å². The first-order valence-corrected chi connectivity index (χ1v) is 3.94. The molecule has 1 aliphatic rings. The zero-order valence-electron chi connectivity index (χ0n) is 7.20. The minimum atomic E-state index is -0.0120. The highest BCUT2D eigenvalue weighted by molar-refractivity contribution is 4.91. The van der Waals surface area contributed by atoms with E-state index in [1.807, 2.05) is 13.2 Å². The van der Waals surface area contributed by atoms with Crippen LogP contribution in [0.3, 0.4) is 0 Å². The number of hydrogen-bond acceptors (Lipinski definition) is 7. The van der Waals surface area contributed by atoms with Gasteiger partial charge in [-0.2, -0.15) is 11.1 Å². The summed E-state index contributed by atoms with van der Waals surface area (Å²) in [5, 5.41) is 10.9. The third-order valence-electron chi connectivity index (χ3n) is 1.63. The predicted octanol–water partition coefficient (Wildman–Crippen LogP) is -2.69. The van der Waals surface area contributed by atoms with Gasteiger partial charge in [0, 0.05) is 19.8 Å². The Morgan fingerprint density at radius 1 is 1.54 bits per heavy atom. The minimum absolute atomic E-state index is 0.0120. The molecular formula is C5H12N8. The summed E-state index contributed by atoms with van der Waals surface area (Å²) in [4.78, 5) is 0. The van der Waals surface area contributed by atoms with Gasteiger partial charge in [-0.25, -0.2) is 10.9 Å². The number of rotatable bonds is 3. The van der Waals surface area contributed by atoms with Crippen LogP contribution in [0.2, 0.25) is 0 Å². The third kappa shape index (κ3) is 2.20. The van der Waals surface area contributed by atoms with Crippen molar-refractivity contribution in [3.63, 3.8) is 0 Å². The van der Waals surface area contributed by atoms with Crippen molar-refractivity contribution in [2.24, 2.45) is 7.05 Å². The highest BCUT2D eigenvalue weighted by Crippen LogP contribution is 1.89. The summed E-state index contributed by atoms with van der Waals surface area (Å²) in [5.74, 6) is 0. The van der Waals surface area contributed by atoms with Crippen LogP contribution in [0.5, 0.6) is 0 Å². The minimum Gasteiger partial charge on any atom is -0.282 e. The van der Waals surface area contributed by atoms with Crippen LogP contribution in [0.25, 0.3) is 0 Å². The van der Waals surface area contributed by atoms with Gasteiger partial charge in [0.2, 0.25) is 0 Å². The summed E-state index contributed by atoms with van der Waals surface area (Å²) in [6.07, 6.45) is 1.85. The van der Waals surface area contributed by atoms with Crippen molar-refractivity contribution in [3.05, 3.63) is 11.9 Å². The van der Waals surface area contributed by atoms with Crippen LogP contribution in [0, 0.1) is 0 Å². The lowest BCUT2D eigenvalue weighted by molar-refractivity contribution is 0.421. The standard InChI is InChI=1S/C5H12N8/c1-13-3-4(7-12-13)2-6-5-8-10-11-9-5/h3,5-6,8-11H,2H2,1H3. The molecule has 8 heteroatoms. The van der Waals surface area contributed by atoms with Crippen molar-refractivity contribution < 1.29 is 0 Å². The lowest BCUT2D eigenvalue weighted by Gasteiger charge is -2.08. The van der Waals surface area contributed by atoms with Crippen LogP contribution in [0.4, 0.5) is 0 Å². The SMILES string of the molecule is Cn1cc(CNC2NNNN2)nn1. The Labute approximate surface area is 75.0 Å². The second kappa shape index (κ2) is 3.77. The molecule has 0 aromatic carbocycles. The Morgan fingerprint density at radius 3 is 2.92 bits per heavy atom. The van der Waals surface area contributed by atoms with E-state index in [9.17, 15) is 0 Å². The van der Waals surface area contributed by atoms with E-state index in [1.54, 1.807) is 4.68 Å². The molecule has 1 aromatic rings. The number of hydrazine groups is 3. The molecule has 0 bridgehead atoms.